The topological polar surface area (TPSA) is 75.7 Å². The van der Waals surface area contributed by atoms with E-state index in [1.807, 2.05) is 0 Å². The fraction of sp³-hybridized carbons (Fsp3) is 0.947. The van der Waals surface area contributed by atoms with Gasteiger partial charge in [-0.15, -0.1) is 0 Å². The summed E-state index contributed by atoms with van der Waals surface area (Å²) < 4.78 is 32.6. The molecule has 0 unspecified atom stereocenters. The fourth-order valence-corrected chi connectivity index (χ4v) is 6.89. The summed E-state index contributed by atoms with van der Waals surface area (Å²) in [5.74, 6) is 0.960. The van der Waals surface area contributed by atoms with Crippen molar-refractivity contribution in [1.29, 1.82) is 0 Å². The lowest BCUT2D eigenvalue weighted by molar-refractivity contribution is -0.125. The van der Waals surface area contributed by atoms with Gasteiger partial charge in [0.1, 0.15) is 0 Å². The van der Waals surface area contributed by atoms with Gasteiger partial charge in [0.05, 0.1) is 17.5 Å². The normalized spacial score (nSPS) is 38.3. The van der Waals surface area contributed by atoms with E-state index in [4.69, 9.17) is 4.74 Å². The van der Waals surface area contributed by atoms with Crippen molar-refractivity contribution in [2.45, 2.75) is 70.0 Å². The average Bonchev–Trinajstić information content (AvgIpc) is 3.21. The molecule has 4 atom stereocenters. The highest BCUT2D eigenvalue weighted by molar-refractivity contribution is 7.89. The first-order valence-electron chi connectivity index (χ1n) is 10.4. The quantitative estimate of drug-likeness (QED) is 0.735. The number of sulfonamides is 1. The van der Waals surface area contributed by atoms with Crippen LogP contribution < -0.4 is 5.32 Å². The lowest BCUT2D eigenvalue weighted by atomic mass is 9.73. The molecule has 148 valence electrons. The Kier molecular flexibility index (Phi) is 5.07. The standard InChI is InChI=1S/C19H32N2O4S/c1-2-26(23,24)21-12-16-15(17-9-10-19(16,13-21)25-17)11-20-18(22)14-7-5-3-4-6-8-14/h14-17H,2-13H2,1H3,(H,20,22)/t15-,16+,17+,19+/m0/s1. The second kappa shape index (κ2) is 7.06. The SMILES string of the molecule is CCS(=O)(=O)N1C[C@@H]2[C@H](CNC(=O)C3CCCCCC3)[C@H]3CC[C@]2(C1)O3. The van der Waals surface area contributed by atoms with Gasteiger partial charge in [-0.05, 0) is 32.6 Å². The van der Waals surface area contributed by atoms with Crippen LogP contribution in [-0.4, -0.2) is 55.7 Å². The third kappa shape index (κ3) is 3.20. The number of carbonyl (C=O) groups is 1. The van der Waals surface area contributed by atoms with E-state index in [2.05, 4.69) is 5.32 Å². The summed E-state index contributed by atoms with van der Waals surface area (Å²) in [5, 5.41) is 3.20. The zero-order chi connectivity index (χ0) is 18.4. The van der Waals surface area contributed by atoms with Crippen molar-refractivity contribution in [2.75, 3.05) is 25.4 Å². The minimum Gasteiger partial charge on any atom is -0.370 e. The number of carbonyl (C=O) groups excluding carboxylic acids is 1. The molecular weight excluding hydrogens is 352 g/mol. The smallest absolute Gasteiger partial charge is 0.223 e. The van der Waals surface area contributed by atoms with Crippen LogP contribution in [0.15, 0.2) is 0 Å². The molecule has 4 fully saturated rings. The number of rotatable bonds is 5. The predicted octanol–water partition coefficient (Wildman–Crippen LogP) is 1.90. The van der Waals surface area contributed by atoms with Crippen molar-refractivity contribution >= 4 is 15.9 Å². The Balaban J connectivity index is 1.39. The molecule has 26 heavy (non-hydrogen) atoms. The second-order valence-electron chi connectivity index (χ2n) is 8.66. The monoisotopic (exact) mass is 384 g/mol. The summed E-state index contributed by atoms with van der Waals surface area (Å²) in [5.41, 5.74) is -0.301. The molecule has 1 spiro atoms. The summed E-state index contributed by atoms with van der Waals surface area (Å²) >= 11 is 0. The Morgan fingerprint density at radius 1 is 1.19 bits per heavy atom. The second-order valence-corrected chi connectivity index (χ2v) is 10.9. The van der Waals surface area contributed by atoms with E-state index in [9.17, 15) is 13.2 Å². The number of hydrogen-bond acceptors (Lipinski definition) is 4. The minimum absolute atomic E-state index is 0.141. The van der Waals surface area contributed by atoms with E-state index in [1.165, 1.54) is 12.8 Å². The van der Waals surface area contributed by atoms with Gasteiger partial charge in [0.25, 0.3) is 0 Å². The maximum absolute atomic E-state index is 12.6. The van der Waals surface area contributed by atoms with Gasteiger partial charge in [-0.2, -0.15) is 4.31 Å². The number of hydrogen-bond donors (Lipinski definition) is 1. The summed E-state index contributed by atoms with van der Waals surface area (Å²) in [7, 11) is -3.18. The summed E-state index contributed by atoms with van der Waals surface area (Å²) in [6.07, 6.45) is 8.93. The van der Waals surface area contributed by atoms with E-state index >= 15 is 0 Å². The Labute approximate surface area is 157 Å². The highest BCUT2D eigenvalue weighted by Crippen LogP contribution is 2.55. The van der Waals surface area contributed by atoms with Gasteiger partial charge >= 0.3 is 0 Å². The molecule has 0 radical (unpaired) electrons. The minimum atomic E-state index is -3.18. The van der Waals surface area contributed by atoms with Crippen LogP contribution in [0.2, 0.25) is 0 Å². The van der Waals surface area contributed by atoms with Crippen molar-refractivity contribution < 1.29 is 17.9 Å². The largest absolute Gasteiger partial charge is 0.370 e. The number of nitrogens with one attached hydrogen (secondary N) is 1. The van der Waals surface area contributed by atoms with Crippen LogP contribution in [0.1, 0.15) is 58.3 Å². The maximum atomic E-state index is 12.6. The number of nitrogens with zero attached hydrogens (tertiary/aromatic N) is 1. The summed E-state index contributed by atoms with van der Waals surface area (Å²) in [6.45, 7) is 3.38. The van der Waals surface area contributed by atoms with Crippen LogP contribution >= 0.6 is 0 Å². The van der Waals surface area contributed by atoms with Crippen LogP contribution in [0.3, 0.4) is 0 Å². The van der Waals surface area contributed by atoms with Crippen molar-refractivity contribution in [1.82, 2.24) is 9.62 Å². The predicted molar refractivity (Wildman–Crippen MR) is 99.1 cm³/mol. The fourth-order valence-electron chi connectivity index (χ4n) is 5.72. The van der Waals surface area contributed by atoms with Gasteiger partial charge in [-0.1, -0.05) is 25.7 Å². The van der Waals surface area contributed by atoms with Crippen molar-refractivity contribution in [3.8, 4) is 0 Å². The lowest BCUT2D eigenvalue weighted by Crippen LogP contribution is -2.43. The molecule has 2 bridgehead atoms. The third-order valence-corrected chi connectivity index (χ3v) is 9.04. The Morgan fingerprint density at radius 2 is 1.92 bits per heavy atom. The average molecular weight is 385 g/mol. The summed E-state index contributed by atoms with van der Waals surface area (Å²) in [4.78, 5) is 12.6. The molecule has 1 amide bonds. The van der Waals surface area contributed by atoms with Crippen LogP contribution in [0.5, 0.6) is 0 Å². The van der Waals surface area contributed by atoms with Crippen molar-refractivity contribution in [3.63, 3.8) is 0 Å². The molecule has 7 heteroatoms. The Hall–Kier alpha value is -0.660. The maximum Gasteiger partial charge on any atom is 0.223 e. The first kappa shape index (κ1) is 18.7. The van der Waals surface area contributed by atoms with E-state index in [1.54, 1.807) is 11.2 Å². The first-order chi connectivity index (χ1) is 12.5. The number of fused-ring (bicyclic) bond motifs is 1. The number of ether oxygens (including phenoxy) is 1. The molecular formula is C19H32N2O4S. The third-order valence-electron chi connectivity index (χ3n) is 7.25. The highest BCUT2D eigenvalue weighted by atomic mass is 32.2. The van der Waals surface area contributed by atoms with Gasteiger partial charge in [0.2, 0.25) is 15.9 Å². The zero-order valence-electron chi connectivity index (χ0n) is 15.8. The highest BCUT2D eigenvalue weighted by Gasteiger charge is 2.64. The Bertz CT molecular complexity index is 644. The molecule has 0 aromatic rings. The van der Waals surface area contributed by atoms with Crippen LogP contribution in [0.25, 0.3) is 0 Å². The molecule has 1 N–H and O–H groups in total. The molecule has 3 heterocycles. The molecule has 3 aliphatic heterocycles. The molecule has 4 rings (SSSR count). The first-order valence-corrected chi connectivity index (χ1v) is 12.0. The number of amides is 1. The van der Waals surface area contributed by atoms with Crippen LogP contribution in [-0.2, 0) is 19.6 Å². The van der Waals surface area contributed by atoms with E-state index < -0.39 is 10.0 Å². The van der Waals surface area contributed by atoms with E-state index in [-0.39, 0.29) is 41.1 Å². The summed E-state index contributed by atoms with van der Waals surface area (Å²) in [6, 6.07) is 0. The van der Waals surface area contributed by atoms with Crippen LogP contribution in [0.4, 0.5) is 0 Å². The molecule has 3 saturated heterocycles. The van der Waals surface area contributed by atoms with Crippen molar-refractivity contribution in [3.05, 3.63) is 0 Å². The van der Waals surface area contributed by atoms with Gasteiger partial charge in [-0.3, -0.25) is 4.79 Å². The molecule has 1 saturated carbocycles. The molecule has 0 aromatic carbocycles. The van der Waals surface area contributed by atoms with E-state index in [0.29, 0.717) is 19.6 Å². The van der Waals surface area contributed by atoms with Gasteiger partial charge < -0.3 is 10.1 Å². The molecule has 4 aliphatic rings. The van der Waals surface area contributed by atoms with Gasteiger partial charge in [0.15, 0.2) is 0 Å². The zero-order valence-corrected chi connectivity index (χ0v) is 16.6. The van der Waals surface area contributed by atoms with Crippen LogP contribution in [0, 0.1) is 17.8 Å². The molecule has 1 aliphatic carbocycles. The van der Waals surface area contributed by atoms with E-state index in [0.717, 1.165) is 38.5 Å². The lowest BCUT2D eigenvalue weighted by Gasteiger charge is -2.30. The van der Waals surface area contributed by atoms with Crippen molar-refractivity contribution in [2.24, 2.45) is 17.8 Å². The van der Waals surface area contributed by atoms with Gasteiger partial charge in [-0.25, -0.2) is 8.42 Å². The molecule has 6 nitrogen and oxygen atoms in total. The van der Waals surface area contributed by atoms with Gasteiger partial charge in [0, 0.05) is 37.4 Å². The molecule has 0 aromatic heterocycles. The Morgan fingerprint density at radius 3 is 2.62 bits per heavy atom.